The van der Waals surface area contributed by atoms with Crippen LogP contribution in [0.15, 0.2) is 4.52 Å². The molecular weight excluding hydrogens is 260 g/mol. The number of ether oxygens (including phenoxy) is 1. The third-order valence-corrected chi connectivity index (χ3v) is 3.92. The third kappa shape index (κ3) is 2.85. The zero-order chi connectivity index (χ0) is 14.9. The molecule has 1 saturated carbocycles. The molecule has 1 aliphatic carbocycles. The van der Waals surface area contributed by atoms with E-state index >= 15 is 0 Å². The van der Waals surface area contributed by atoms with E-state index < -0.39 is 17.5 Å². The second-order valence-electron chi connectivity index (χ2n) is 6.03. The van der Waals surface area contributed by atoms with Crippen LogP contribution in [0.25, 0.3) is 0 Å². The maximum atomic E-state index is 11.3. The summed E-state index contributed by atoms with van der Waals surface area (Å²) in [4.78, 5) is 15.7. The molecule has 1 fully saturated rings. The van der Waals surface area contributed by atoms with Crippen molar-refractivity contribution in [2.45, 2.75) is 52.1 Å². The van der Waals surface area contributed by atoms with Crippen molar-refractivity contribution in [3.8, 4) is 0 Å². The average molecular weight is 282 g/mol. The Morgan fingerprint density at radius 1 is 1.50 bits per heavy atom. The van der Waals surface area contributed by atoms with Gasteiger partial charge in [-0.05, 0) is 39.5 Å². The van der Waals surface area contributed by atoms with Crippen LogP contribution < -0.4 is 0 Å². The minimum absolute atomic E-state index is 0.193. The molecule has 1 heterocycles. The predicted molar refractivity (Wildman–Crippen MR) is 71.2 cm³/mol. The number of hydrogen-bond acceptors (Lipinski definition) is 5. The van der Waals surface area contributed by atoms with E-state index in [9.17, 15) is 9.90 Å². The molecule has 1 aromatic heterocycles. The van der Waals surface area contributed by atoms with Gasteiger partial charge in [0, 0.05) is 6.61 Å². The summed E-state index contributed by atoms with van der Waals surface area (Å²) in [6.45, 7) is 8.25. The Kier molecular flexibility index (Phi) is 4.13. The van der Waals surface area contributed by atoms with E-state index in [4.69, 9.17) is 9.26 Å². The Morgan fingerprint density at radius 3 is 2.80 bits per heavy atom. The molecule has 6 heteroatoms. The van der Waals surface area contributed by atoms with E-state index in [2.05, 4.69) is 17.1 Å². The SMILES string of the molecule is CCOC(C)(C)c1noc(C2CC(C)CC2C(=O)O)n1. The Morgan fingerprint density at radius 2 is 2.20 bits per heavy atom. The standard InChI is InChI=1S/C14H22N2O4/c1-5-19-14(3,4)13-15-11(20-16-13)9-6-8(2)7-10(9)12(17)18/h8-10H,5-7H2,1-4H3,(H,17,18). The summed E-state index contributed by atoms with van der Waals surface area (Å²) in [6.07, 6.45) is 1.43. The number of carbonyl (C=O) groups is 1. The van der Waals surface area contributed by atoms with Gasteiger partial charge in [0.15, 0.2) is 0 Å². The topological polar surface area (TPSA) is 85.5 Å². The van der Waals surface area contributed by atoms with Crippen molar-refractivity contribution < 1.29 is 19.2 Å². The summed E-state index contributed by atoms with van der Waals surface area (Å²) < 4.78 is 10.9. The highest BCUT2D eigenvalue weighted by atomic mass is 16.5. The average Bonchev–Trinajstić information content (AvgIpc) is 2.94. The van der Waals surface area contributed by atoms with Gasteiger partial charge in [0.25, 0.3) is 0 Å². The molecule has 20 heavy (non-hydrogen) atoms. The number of aromatic nitrogens is 2. The van der Waals surface area contributed by atoms with Gasteiger partial charge in [-0.2, -0.15) is 4.98 Å². The summed E-state index contributed by atoms with van der Waals surface area (Å²) >= 11 is 0. The van der Waals surface area contributed by atoms with Crippen LogP contribution in [0, 0.1) is 11.8 Å². The first kappa shape index (κ1) is 15.0. The number of nitrogens with zero attached hydrogens (tertiary/aromatic N) is 2. The van der Waals surface area contributed by atoms with Gasteiger partial charge in [-0.3, -0.25) is 4.79 Å². The zero-order valence-corrected chi connectivity index (χ0v) is 12.4. The fourth-order valence-electron chi connectivity index (χ4n) is 2.89. The van der Waals surface area contributed by atoms with Crippen molar-refractivity contribution in [3.05, 3.63) is 11.7 Å². The van der Waals surface area contributed by atoms with Crippen LogP contribution in [-0.4, -0.2) is 27.8 Å². The van der Waals surface area contributed by atoms with Gasteiger partial charge >= 0.3 is 5.97 Å². The van der Waals surface area contributed by atoms with Gasteiger partial charge in [-0.1, -0.05) is 12.1 Å². The molecule has 1 aromatic rings. The number of carboxylic acids is 1. The number of carboxylic acid groups (broad SMARTS) is 1. The Balaban J connectivity index is 2.22. The van der Waals surface area contributed by atoms with Crippen LogP contribution in [0.5, 0.6) is 0 Å². The molecule has 0 radical (unpaired) electrons. The molecule has 0 bridgehead atoms. The zero-order valence-electron chi connectivity index (χ0n) is 12.4. The fourth-order valence-corrected chi connectivity index (χ4v) is 2.89. The first-order valence-corrected chi connectivity index (χ1v) is 7.06. The minimum Gasteiger partial charge on any atom is -0.481 e. The van der Waals surface area contributed by atoms with Crippen molar-refractivity contribution >= 4 is 5.97 Å². The van der Waals surface area contributed by atoms with Gasteiger partial charge in [-0.15, -0.1) is 0 Å². The molecule has 0 saturated heterocycles. The lowest BCUT2D eigenvalue weighted by molar-refractivity contribution is -0.142. The van der Waals surface area contributed by atoms with Gasteiger partial charge in [0.05, 0.1) is 11.8 Å². The van der Waals surface area contributed by atoms with Gasteiger partial charge in [-0.25, -0.2) is 0 Å². The number of rotatable bonds is 5. The summed E-state index contributed by atoms with van der Waals surface area (Å²) in [5.41, 5.74) is -0.626. The van der Waals surface area contributed by atoms with Crippen LogP contribution in [-0.2, 0) is 15.1 Å². The minimum atomic E-state index is -0.789. The first-order valence-electron chi connectivity index (χ1n) is 7.06. The molecule has 3 unspecified atom stereocenters. The second-order valence-corrected chi connectivity index (χ2v) is 6.03. The van der Waals surface area contributed by atoms with Crippen molar-refractivity contribution in [3.63, 3.8) is 0 Å². The lowest BCUT2D eigenvalue weighted by Gasteiger charge is -2.19. The van der Waals surface area contributed by atoms with Crippen LogP contribution in [0.4, 0.5) is 0 Å². The van der Waals surface area contributed by atoms with Crippen molar-refractivity contribution in [1.82, 2.24) is 10.1 Å². The van der Waals surface area contributed by atoms with Gasteiger partial charge in [0.1, 0.15) is 5.60 Å². The van der Waals surface area contributed by atoms with E-state index in [0.717, 1.165) is 6.42 Å². The largest absolute Gasteiger partial charge is 0.481 e. The highest BCUT2D eigenvalue weighted by Gasteiger charge is 2.41. The summed E-state index contributed by atoms with van der Waals surface area (Å²) in [7, 11) is 0. The quantitative estimate of drug-likeness (QED) is 0.893. The van der Waals surface area contributed by atoms with Crippen molar-refractivity contribution in [2.24, 2.45) is 11.8 Å². The molecule has 1 N–H and O–H groups in total. The van der Waals surface area contributed by atoms with E-state index in [1.165, 1.54) is 0 Å². The van der Waals surface area contributed by atoms with Crippen LogP contribution in [0.2, 0.25) is 0 Å². The molecule has 1 aliphatic rings. The van der Waals surface area contributed by atoms with E-state index in [0.29, 0.717) is 30.7 Å². The molecule has 2 rings (SSSR count). The highest BCUT2D eigenvalue weighted by Crippen LogP contribution is 2.42. The van der Waals surface area contributed by atoms with Crippen LogP contribution in [0.1, 0.15) is 58.2 Å². The molecule has 0 amide bonds. The summed E-state index contributed by atoms with van der Waals surface area (Å²) in [6, 6.07) is 0. The van der Waals surface area contributed by atoms with E-state index in [1.807, 2.05) is 20.8 Å². The highest BCUT2D eigenvalue weighted by molar-refractivity contribution is 5.71. The van der Waals surface area contributed by atoms with Crippen molar-refractivity contribution in [1.29, 1.82) is 0 Å². The summed E-state index contributed by atoms with van der Waals surface area (Å²) in [5.74, 6) is -0.170. The van der Waals surface area contributed by atoms with Gasteiger partial charge in [0.2, 0.25) is 11.7 Å². The Labute approximate surface area is 118 Å². The number of aliphatic carboxylic acids is 1. The Bertz CT molecular complexity index is 483. The molecule has 3 atom stereocenters. The fraction of sp³-hybridized carbons (Fsp3) is 0.786. The Hall–Kier alpha value is -1.43. The van der Waals surface area contributed by atoms with Crippen molar-refractivity contribution in [2.75, 3.05) is 6.61 Å². The smallest absolute Gasteiger partial charge is 0.307 e. The maximum Gasteiger partial charge on any atom is 0.307 e. The van der Waals surface area contributed by atoms with Crippen LogP contribution >= 0.6 is 0 Å². The van der Waals surface area contributed by atoms with Crippen LogP contribution in [0.3, 0.4) is 0 Å². The first-order chi connectivity index (χ1) is 9.35. The van der Waals surface area contributed by atoms with E-state index in [1.54, 1.807) is 0 Å². The molecular formula is C14H22N2O4. The van der Waals surface area contributed by atoms with Gasteiger partial charge < -0.3 is 14.4 Å². The predicted octanol–water partition coefficient (Wildman–Crippen LogP) is 2.56. The summed E-state index contributed by atoms with van der Waals surface area (Å²) in [5, 5.41) is 13.3. The lowest BCUT2D eigenvalue weighted by atomic mass is 9.96. The molecule has 0 spiro atoms. The molecule has 112 valence electrons. The molecule has 0 aliphatic heterocycles. The molecule has 6 nitrogen and oxygen atoms in total. The number of hydrogen-bond donors (Lipinski definition) is 1. The van der Waals surface area contributed by atoms with E-state index in [-0.39, 0.29) is 5.92 Å². The monoisotopic (exact) mass is 282 g/mol. The third-order valence-electron chi connectivity index (χ3n) is 3.92. The maximum absolute atomic E-state index is 11.3. The molecule has 0 aromatic carbocycles. The second kappa shape index (κ2) is 5.52. The lowest BCUT2D eigenvalue weighted by Crippen LogP contribution is -2.23. The normalized spacial score (nSPS) is 26.9.